The number of carbonyl (C=O) groups excluding carboxylic acids is 2. The van der Waals surface area contributed by atoms with Crippen LogP contribution in [0.4, 0.5) is 0 Å². The van der Waals surface area contributed by atoms with E-state index in [1.165, 1.54) is 64.2 Å². The van der Waals surface area contributed by atoms with E-state index in [1.54, 1.807) is 0 Å². The van der Waals surface area contributed by atoms with E-state index in [0.717, 1.165) is 89.9 Å². The Kier molecular flexibility index (Phi) is 28.1. The third-order valence-electron chi connectivity index (χ3n) is 7.63. The van der Waals surface area contributed by atoms with Gasteiger partial charge in [-0.05, 0) is 51.4 Å². The van der Waals surface area contributed by atoms with Gasteiger partial charge in [-0.3, -0.25) is 9.59 Å². The molecule has 0 saturated carbocycles. The fourth-order valence-corrected chi connectivity index (χ4v) is 5.07. The first-order valence-electron chi connectivity index (χ1n) is 17.0. The van der Waals surface area contributed by atoms with E-state index in [4.69, 9.17) is 9.47 Å². The van der Waals surface area contributed by atoms with Crippen molar-refractivity contribution in [2.24, 2.45) is 0 Å². The van der Waals surface area contributed by atoms with Crippen molar-refractivity contribution in [3.63, 3.8) is 0 Å². The number of rotatable bonds is 29. The first-order valence-corrected chi connectivity index (χ1v) is 17.0. The van der Waals surface area contributed by atoms with E-state index in [0.29, 0.717) is 12.8 Å². The second kappa shape index (κ2) is 28.9. The van der Waals surface area contributed by atoms with Crippen molar-refractivity contribution >= 4 is 11.9 Å². The second-order valence-corrected chi connectivity index (χ2v) is 11.5. The predicted octanol–water partition coefficient (Wildman–Crippen LogP) is 11.0. The van der Waals surface area contributed by atoms with Crippen LogP contribution >= 0.6 is 0 Å². The molecule has 0 spiro atoms. The largest absolute Gasteiger partial charge is 0.462 e. The summed E-state index contributed by atoms with van der Waals surface area (Å²) in [5.41, 5.74) is 0. The van der Waals surface area contributed by atoms with E-state index in [2.05, 4.69) is 27.7 Å². The van der Waals surface area contributed by atoms with Crippen molar-refractivity contribution in [3.8, 4) is 0 Å². The quantitative estimate of drug-likeness (QED) is 0.0702. The van der Waals surface area contributed by atoms with Crippen LogP contribution in [0.2, 0.25) is 0 Å². The molecule has 0 radical (unpaired) electrons. The van der Waals surface area contributed by atoms with Crippen LogP contribution in [0.25, 0.3) is 0 Å². The van der Waals surface area contributed by atoms with Crippen molar-refractivity contribution < 1.29 is 19.1 Å². The Morgan fingerprint density at radius 3 is 1.05 bits per heavy atom. The van der Waals surface area contributed by atoms with E-state index in [1.807, 2.05) is 0 Å². The lowest BCUT2D eigenvalue weighted by Crippen LogP contribution is -2.18. The number of carbonyl (C=O) groups is 2. The number of unbranched alkanes of at least 4 members (excludes halogenated alkanes) is 15. The van der Waals surface area contributed by atoms with Crippen LogP contribution in [-0.2, 0) is 19.1 Å². The number of hydrogen-bond donors (Lipinski definition) is 0. The molecule has 4 nitrogen and oxygen atoms in total. The minimum atomic E-state index is -0.00889. The standard InChI is InChI=1S/C34H66O4/c1-5-9-13-17-21-27-31(25-11-7-3)37-33(35)29-23-19-15-16-20-24-30-34(36)38-32(26-12-8-4)28-22-18-14-10-6-2/h31-32H,5-30H2,1-4H3. The Balaban J connectivity index is 3.92. The maximum absolute atomic E-state index is 12.4. The average molecular weight is 539 g/mol. The molecule has 0 saturated heterocycles. The van der Waals surface area contributed by atoms with Gasteiger partial charge in [0.15, 0.2) is 0 Å². The molecule has 38 heavy (non-hydrogen) atoms. The highest BCUT2D eigenvalue weighted by Gasteiger charge is 2.15. The molecule has 0 rings (SSSR count). The summed E-state index contributed by atoms with van der Waals surface area (Å²) in [6.07, 6.45) is 28.8. The van der Waals surface area contributed by atoms with Crippen LogP contribution in [-0.4, -0.2) is 24.1 Å². The van der Waals surface area contributed by atoms with Gasteiger partial charge in [-0.2, -0.15) is 0 Å². The van der Waals surface area contributed by atoms with Gasteiger partial charge in [-0.1, -0.05) is 130 Å². The van der Waals surface area contributed by atoms with Gasteiger partial charge in [-0.25, -0.2) is 0 Å². The zero-order chi connectivity index (χ0) is 28.1. The van der Waals surface area contributed by atoms with Gasteiger partial charge in [0.1, 0.15) is 12.2 Å². The third-order valence-corrected chi connectivity index (χ3v) is 7.63. The van der Waals surface area contributed by atoms with E-state index in [-0.39, 0.29) is 24.1 Å². The van der Waals surface area contributed by atoms with Crippen LogP contribution in [0.5, 0.6) is 0 Å². The van der Waals surface area contributed by atoms with Crippen LogP contribution in [0.15, 0.2) is 0 Å². The maximum Gasteiger partial charge on any atom is 0.306 e. The van der Waals surface area contributed by atoms with Crippen LogP contribution in [0.1, 0.15) is 195 Å². The van der Waals surface area contributed by atoms with E-state index >= 15 is 0 Å². The summed E-state index contributed by atoms with van der Waals surface area (Å²) >= 11 is 0. The smallest absolute Gasteiger partial charge is 0.306 e. The molecule has 0 aliphatic heterocycles. The molecule has 0 aliphatic rings. The summed E-state index contributed by atoms with van der Waals surface area (Å²) in [7, 11) is 0. The fraction of sp³-hybridized carbons (Fsp3) is 0.941. The zero-order valence-electron chi connectivity index (χ0n) is 26.2. The molecule has 226 valence electrons. The van der Waals surface area contributed by atoms with Crippen molar-refractivity contribution in [3.05, 3.63) is 0 Å². The number of esters is 2. The summed E-state index contributed by atoms with van der Waals surface area (Å²) in [6.45, 7) is 8.88. The zero-order valence-corrected chi connectivity index (χ0v) is 26.2. The normalized spacial score (nSPS) is 12.8. The summed E-state index contributed by atoms with van der Waals surface area (Å²) in [4.78, 5) is 24.7. The lowest BCUT2D eigenvalue weighted by molar-refractivity contribution is -0.151. The van der Waals surface area contributed by atoms with Crippen molar-refractivity contribution in [2.45, 2.75) is 207 Å². The van der Waals surface area contributed by atoms with Gasteiger partial charge in [0, 0.05) is 12.8 Å². The topological polar surface area (TPSA) is 52.6 Å². The van der Waals surface area contributed by atoms with Gasteiger partial charge in [0.25, 0.3) is 0 Å². The highest BCUT2D eigenvalue weighted by Crippen LogP contribution is 2.18. The molecule has 0 amide bonds. The Bertz CT molecular complexity index is 473. The third kappa shape index (κ3) is 25.2. The molecule has 0 bridgehead atoms. The second-order valence-electron chi connectivity index (χ2n) is 11.5. The van der Waals surface area contributed by atoms with Crippen LogP contribution in [0.3, 0.4) is 0 Å². The fourth-order valence-electron chi connectivity index (χ4n) is 5.07. The molecule has 0 N–H and O–H groups in total. The molecule has 0 heterocycles. The minimum Gasteiger partial charge on any atom is -0.462 e. The molecule has 0 fully saturated rings. The minimum absolute atomic E-state index is 0.00889. The SMILES string of the molecule is CCCCCCCC(CCCC)OC(=O)CCCCCCCCC(=O)OC(CCCC)CCCCCCC. The van der Waals surface area contributed by atoms with E-state index < -0.39 is 0 Å². The van der Waals surface area contributed by atoms with Gasteiger partial charge >= 0.3 is 11.9 Å². The lowest BCUT2D eigenvalue weighted by Gasteiger charge is -2.18. The molecule has 0 aliphatic carbocycles. The van der Waals surface area contributed by atoms with Gasteiger partial charge in [0.2, 0.25) is 0 Å². The molecular formula is C34H66O4. The Morgan fingerprint density at radius 1 is 0.395 bits per heavy atom. The van der Waals surface area contributed by atoms with Gasteiger partial charge in [-0.15, -0.1) is 0 Å². The maximum atomic E-state index is 12.4. The molecule has 0 aromatic heterocycles. The Morgan fingerprint density at radius 2 is 0.684 bits per heavy atom. The van der Waals surface area contributed by atoms with Crippen LogP contribution < -0.4 is 0 Å². The first-order chi connectivity index (χ1) is 18.6. The molecule has 0 aromatic rings. The molecular weight excluding hydrogens is 472 g/mol. The lowest BCUT2D eigenvalue weighted by atomic mass is 10.0. The van der Waals surface area contributed by atoms with Gasteiger partial charge < -0.3 is 9.47 Å². The van der Waals surface area contributed by atoms with Gasteiger partial charge in [0.05, 0.1) is 0 Å². The highest BCUT2D eigenvalue weighted by molar-refractivity contribution is 5.69. The molecule has 2 unspecified atom stereocenters. The summed E-state index contributed by atoms with van der Waals surface area (Å²) < 4.78 is 11.7. The van der Waals surface area contributed by atoms with Crippen molar-refractivity contribution in [1.82, 2.24) is 0 Å². The van der Waals surface area contributed by atoms with E-state index in [9.17, 15) is 9.59 Å². The molecule has 2 atom stereocenters. The monoisotopic (exact) mass is 538 g/mol. The van der Waals surface area contributed by atoms with Crippen LogP contribution in [0, 0.1) is 0 Å². The van der Waals surface area contributed by atoms with Crippen molar-refractivity contribution in [2.75, 3.05) is 0 Å². The number of ether oxygens (including phenoxy) is 2. The average Bonchev–Trinajstić information content (AvgIpc) is 2.91. The molecule has 4 heteroatoms. The Labute approximate surface area is 237 Å². The summed E-state index contributed by atoms with van der Waals surface area (Å²) in [6, 6.07) is 0. The molecule has 0 aromatic carbocycles. The number of hydrogen-bond acceptors (Lipinski definition) is 4. The first kappa shape index (κ1) is 36.9. The highest BCUT2D eigenvalue weighted by atomic mass is 16.5. The van der Waals surface area contributed by atoms with Crippen molar-refractivity contribution in [1.29, 1.82) is 0 Å². The predicted molar refractivity (Wildman–Crippen MR) is 162 cm³/mol. The summed E-state index contributed by atoms with van der Waals surface area (Å²) in [5.74, 6) is -0.0178. The summed E-state index contributed by atoms with van der Waals surface area (Å²) in [5, 5.41) is 0. The Hall–Kier alpha value is -1.06.